The molecular weight excluding hydrogens is 356 g/mol. The normalized spacial score (nSPS) is 12.1. The first-order valence-electron chi connectivity index (χ1n) is 8.72. The molecule has 1 N–H and O–H groups in total. The zero-order valence-corrected chi connectivity index (χ0v) is 14.9. The minimum atomic E-state index is -0.185. The average Bonchev–Trinajstić information content (AvgIpc) is 2.77. The molecule has 0 bridgehead atoms. The number of anilines is 1. The van der Waals surface area contributed by atoms with E-state index in [0.29, 0.717) is 53.9 Å². The summed E-state index contributed by atoms with van der Waals surface area (Å²) in [6, 6.07) is 14.4. The van der Waals surface area contributed by atoms with Crippen molar-refractivity contribution in [2.24, 2.45) is 0 Å². The predicted octanol–water partition coefficient (Wildman–Crippen LogP) is 2.96. The lowest BCUT2D eigenvalue weighted by Crippen LogP contribution is -2.16. The molecule has 0 saturated heterocycles. The standard InChI is InChI=1S/C21H16N4O3/c22-10-14-1-3-15(4-2-14)11-23-21-24-12-17(13-25-21)20(26)16-5-6-18-19(9-16)28-8-7-27-18/h1-6,9,12-13H,7-8,11H2,(H,23,24,25). The van der Waals surface area contributed by atoms with Crippen molar-refractivity contribution in [2.75, 3.05) is 18.5 Å². The van der Waals surface area contributed by atoms with Crippen molar-refractivity contribution >= 4 is 11.7 Å². The van der Waals surface area contributed by atoms with Gasteiger partial charge in [0, 0.05) is 24.5 Å². The van der Waals surface area contributed by atoms with Crippen LogP contribution >= 0.6 is 0 Å². The van der Waals surface area contributed by atoms with E-state index in [0.717, 1.165) is 5.56 Å². The van der Waals surface area contributed by atoms with Crippen molar-refractivity contribution in [3.63, 3.8) is 0 Å². The fourth-order valence-electron chi connectivity index (χ4n) is 2.77. The van der Waals surface area contributed by atoms with Gasteiger partial charge in [0.15, 0.2) is 17.3 Å². The molecule has 7 heteroatoms. The molecule has 0 atom stereocenters. The van der Waals surface area contributed by atoms with Gasteiger partial charge in [-0.2, -0.15) is 5.26 Å². The zero-order valence-electron chi connectivity index (χ0n) is 14.9. The van der Waals surface area contributed by atoms with Crippen LogP contribution in [-0.2, 0) is 6.54 Å². The van der Waals surface area contributed by atoms with Gasteiger partial charge in [0.25, 0.3) is 0 Å². The Bertz CT molecular complexity index is 1040. The van der Waals surface area contributed by atoms with Crippen LogP contribution in [0.3, 0.4) is 0 Å². The number of nitrogens with zero attached hydrogens (tertiary/aromatic N) is 3. The van der Waals surface area contributed by atoms with Crippen LogP contribution < -0.4 is 14.8 Å². The van der Waals surface area contributed by atoms with Crippen LogP contribution in [0, 0.1) is 11.3 Å². The fraction of sp³-hybridized carbons (Fsp3) is 0.143. The number of carbonyl (C=O) groups excluding carboxylic acids is 1. The lowest BCUT2D eigenvalue weighted by atomic mass is 10.1. The van der Waals surface area contributed by atoms with Crippen molar-refractivity contribution in [2.45, 2.75) is 6.54 Å². The predicted molar refractivity (Wildman–Crippen MR) is 101 cm³/mol. The second-order valence-corrected chi connectivity index (χ2v) is 6.15. The van der Waals surface area contributed by atoms with Gasteiger partial charge in [-0.05, 0) is 35.9 Å². The Labute approximate surface area is 161 Å². The number of rotatable bonds is 5. The molecule has 0 aliphatic carbocycles. The van der Waals surface area contributed by atoms with Crippen LogP contribution in [-0.4, -0.2) is 29.0 Å². The van der Waals surface area contributed by atoms with Crippen molar-refractivity contribution in [1.82, 2.24) is 9.97 Å². The monoisotopic (exact) mass is 372 g/mol. The number of nitrogens with one attached hydrogen (secondary N) is 1. The van der Waals surface area contributed by atoms with E-state index in [1.807, 2.05) is 12.1 Å². The molecule has 2 aromatic carbocycles. The lowest BCUT2D eigenvalue weighted by molar-refractivity contribution is 0.103. The minimum absolute atomic E-state index is 0.185. The van der Waals surface area contributed by atoms with E-state index in [-0.39, 0.29) is 5.78 Å². The molecule has 1 aliphatic heterocycles. The van der Waals surface area contributed by atoms with Crippen molar-refractivity contribution in [1.29, 1.82) is 5.26 Å². The SMILES string of the molecule is N#Cc1ccc(CNc2ncc(C(=O)c3ccc4c(c3)OCCO4)cn2)cc1. The molecule has 1 aromatic heterocycles. The molecule has 0 fully saturated rings. The van der Waals surface area contributed by atoms with Gasteiger partial charge in [0.2, 0.25) is 5.95 Å². The third-order valence-electron chi connectivity index (χ3n) is 4.25. The van der Waals surface area contributed by atoms with E-state index in [1.54, 1.807) is 30.3 Å². The van der Waals surface area contributed by atoms with Gasteiger partial charge < -0.3 is 14.8 Å². The Morgan fingerprint density at radius 2 is 1.71 bits per heavy atom. The van der Waals surface area contributed by atoms with E-state index in [9.17, 15) is 4.79 Å². The molecule has 0 saturated carbocycles. The third kappa shape index (κ3) is 3.76. The summed E-state index contributed by atoms with van der Waals surface area (Å²) in [7, 11) is 0. The van der Waals surface area contributed by atoms with E-state index < -0.39 is 0 Å². The molecule has 138 valence electrons. The Kier molecular flexibility index (Phi) is 4.85. The van der Waals surface area contributed by atoms with Gasteiger partial charge in [0.05, 0.1) is 17.2 Å². The highest BCUT2D eigenvalue weighted by atomic mass is 16.6. The lowest BCUT2D eigenvalue weighted by Gasteiger charge is -2.18. The summed E-state index contributed by atoms with van der Waals surface area (Å²) >= 11 is 0. The highest BCUT2D eigenvalue weighted by Gasteiger charge is 2.16. The van der Waals surface area contributed by atoms with Crippen molar-refractivity contribution < 1.29 is 14.3 Å². The number of nitriles is 1. The van der Waals surface area contributed by atoms with Crippen molar-refractivity contribution in [3.05, 3.63) is 77.1 Å². The molecule has 4 rings (SSSR count). The molecule has 7 nitrogen and oxygen atoms in total. The summed E-state index contributed by atoms with van der Waals surface area (Å²) in [5, 5.41) is 11.9. The maximum absolute atomic E-state index is 12.7. The van der Waals surface area contributed by atoms with E-state index >= 15 is 0 Å². The molecule has 0 radical (unpaired) electrons. The smallest absolute Gasteiger partial charge is 0.222 e. The fourth-order valence-corrected chi connectivity index (χ4v) is 2.77. The van der Waals surface area contributed by atoms with Gasteiger partial charge in [-0.3, -0.25) is 4.79 Å². The van der Waals surface area contributed by atoms with Crippen LogP contribution in [0.5, 0.6) is 11.5 Å². The topological polar surface area (TPSA) is 97.1 Å². The first-order chi connectivity index (χ1) is 13.7. The first-order valence-corrected chi connectivity index (χ1v) is 8.72. The maximum Gasteiger partial charge on any atom is 0.222 e. The Hall–Kier alpha value is -3.92. The Morgan fingerprint density at radius 3 is 2.43 bits per heavy atom. The number of aromatic nitrogens is 2. The maximum atomic E-state index is 12.7. The first kappa shape index (κ1) is 17.5. The van der Waals surface area contributed by atoms with Gasteiger partial charge in [-0.25, -0.2) is 9.97 Å². The number of hydrogen-bond donors (Lipinski definition) is 1. The van der Waals surface area contributed by atoms with E-state index in [2.05, 4.69) is 21.4 Å². The van der Waals surface area contributed by atoms with Crippen LogP contribution in [0.1, 0.15) is 27.0 Å². The molecule has 0 spiro atoms. The van der Waals surface area contributed by atoms with Crippen LogP contribution in [0.25, 0.3) is 0 Å². The molecule has 1 aliphatic rings. The number of benzene rings is 2. The third-order valence-corrected chi connectivity index (χ3v) is 4.25. The number of hydrogen-bond acceptors (Lipinski definition) is 7. The number of fused-ring (bicyclic) bond motifs is 1. The van der Waals surface area contributed by atoms with Gasteiger partial charge >= 0.3 is 0 Å². The summed E-state index contributed by atoms with van der Waals surface area (Å²) < 4.78 is 11.0. The van der Waals surface area contributed by atoms with Crippen LogP contribution in [0.15, 0.2) is 54.9 Å². The quantitative estimate of drug-likeness (QED) is 0.688. The number of carbonyl (C=O) groups is 1. The van der Waals surface area contributed by atoms with Gasteiger partial charge in [0.1, 0.15) is 13.2 Å². The average molecular weight is 372 g/mol. The summed E-state index contributed by atoms with van der Waals surface area (Å²) in [6.07, 6.45) is 2.99. The summed E-state index contributed by atoms with van der Waals surface area (Å²) in [5.41, 5.74) is 2.49. The molecule has 3 aromatic rings. The Balaban J connectivity index is 1.42. The molecule has 28 heavy (non-hydrogen) atoms. The Morgan fingerprint density at radius 1 is 1.00 bits per heavy atom. The van der Waals surface area contributed by atoms with Gasteiger partial charge in [-0.15, -0.1) is 0 Å². The molecule has 0 amide bonds. The second-order valence-electron chi connectivity index (χ2n) is 6.15. The molecule has 0 unspecified atom stereocenters. The van der Waals surface area contributed by atoms with E-state index in [4.69, 9.17) is 14.7 Å². The summed E-state index contributed by atoms with van der Waals surface area (Å²) in [6.45, 7) is 1.49. The van der Waals surface area contributed by atoms with Crippen LogP contribution in [0.2, 0.25) is 0 Å². The van der Waals surface area contributed by atoms with Gasteiger partial charge in [-0.1, -0.05) is 12.1 Å². The minimum Gasteiger partial charge on any atom is -0.486 e. The largest absolute Gasteiger partial charge is 0.486 e. The highest BCUT2D eigenvalue weighted by molar-refractivity contribution is 6.09. The highest BCUT2D eigenvalue weighted by Crippen LogP contribution is 2.31. The molecular formula is C21H16N4O3. The number of ketones is 1. The summed E-state index contributed by atoms with van der Waals surface area (Å²) in [4.78, 5) is 21.1. The zero-order chi connectivity index (χ0) is 19.3. The summed E-state index contributed by atoms with van der Waals surface area (Å²) in [5.74, 6) is 1.44. The van der Waals surface area contributed by atoms with E-state index in [1.165, 1.54) is 12.4 Å². The van der Waals surface area contributed by atoms with Crippen LogP contribution in [0.4, 0.5) is 5.95 Å². The van der Waals surface area contributed by atoms with Crippen molar-refractivity contribution in [3.8, 4) is 17.6 Å². The number of ether oxygens (including phenoxy) is 2. The second kappa shape index (κ2) is 7.76. The molecule has 2 heterocycles.